The lowest BCUT2D eigenvalue weighted by Crippen LogP contribution is -2.34. The Kier molecular flexibility index (Phi) is 4.42. The first kappa shape index (κ1) is 15.0. The van der Waals surface area contributed by atoms with Crippen LogP contribution in [0.3, 0.4) is 0 Å². The Balaban J connectivity index is 2.18. The summed E-state index contributed by atoms with van der Waals surface area (Å²) in [7, 11) is -1.08. The smallest absolute Gasteiger partial charge is 0.247 e. The van der Waals surface area contributed by atoms with Crippen molar-refractivity contribution >= 4 is 21.6 Å². The molecule has 0 saturated carbocycles. The molecule has 1 aliphatic rings. The minimum atomic E-state index is -2.91. The highest BCUT2D eigenvalue weighted by Gasteiger charge is 2.32. The lowest BCUT2D eigenvalue weighted by atomic mass is 10.2. The molecule has 0 radical (unpaired) electrons. The summed E-state index contributed by atoms with van der Waals surface area (Å²) in [5.41, 5.74) is 0. The lowest BCUT2D eigenvalue weighted by molar-refractivity contribution is 0.600. The van der Waals surface area contributed by atoms with E-state index in [2.05, 4.69) is 33.9 Å². The van der Waals surface area contributed by atoms with Gasteiger partial charge in [-0.2, -0.15) is 10.1 Å². The van der Waals surface area contributed by atoms with Crippen molar-refractivity contribution in [3.8, 4) is 0 Å². The maximum Gasteiger partial charge on any atom is 0.247 e. The fourth-order valence-corrected chi connectivity index (χ4v) is 4.15. The SMILES string of the molecule is CCN(CC)c1cnnc(N(C)C2CCS(=O)(=O)C2)n1. The molecule has 8 heteroatoms. The molecule has 2 rings (SSSR count). The van der Waals surface area contributed by atoms with Crippen molar-refractivity contribution in [1.29, 1.82) is 0 Å². The molecule has 1 aliphatic heterocycles. The van der Waals surface area contributed by atoms with E-state index in [-0.39, 0.29) is 17.5 Å². The first-order valence-corrected chi connectivity index (χ1v) is 8.67. The zero-order valence-corrected chi connectivity index (χ0v) is 13.0. The Bertz CT molecular complexity index is 559. The summed E-state index contributed by atoms with van der Waals surface area (Å²) >= 11 is 0. The van der Waals surface area contributed by atoms with Crippen LogP contribution in [0.4, 0.5) is 11.8 Å². The molecule has 7 nitrogen and oxygen atoms in total. The first-order valence-electron chi connectivity index (χ1n) is 6.84. The van der Waals surface area contributed by atoms with Gasteiger partial charge in [-0.25, -0.2) is 8.42 Å². The van der Waals surface area contributed by atoms with Crippen LogP contribution in [0.1, 0.15) is 20.3 Å². The van der Waals surface area contributed by atoms with E-state index in [0.717, 1.165) is 18.9 Å². The van der Waals surface area contributed by atoms with Crippen molar-refractivity contribution in [2.45, 2.75) is 26.3 Å². The van der Waals surface area contributed by atoms with Gasteiger partial charge in [-0.3, -0.25) is 0 Å². The number of hydrogen-bond donors (Lipinski definition) is 0. The number of hydrogen-bond acceptors (Lipinski definition) is 7. The van der Waals surface area contributed by atoms with E-state index in [1.165, 1.54) is 0 Å². The van der Waals surface area contributed by atoms with Crippen LogP contribution in [0.25, 0.3) is 0 Å². The maximum absolute atomic E-state index is 11.6. The van der Waals surface area contributed by atoms with E-state index in [9.17, 15) is 8.42 Å². The zero-order valence-electron chi connectivity index (χ0n) is 12.2. The summed E-state index contributed by atoms with van der Waals surface area (Å²) in [5.74, 6) is 1.66. The van der Waals surface area contributed by atoms with Gasteiger partial charge < -0.3 is 9.80 Å². The Morgan fingerprint density at radius 2 is 2.05 bits per heavy atom. The van der Waals surface area contributed by atoms with E-state index < -0.39 is 9.84 Å². The predicted molar refractivity (Wildman–Crippen MR) is 78.8 cm³/mol. The maximum atomic E-state index is 11.6. The van der Waals surface area contributed by atoms with Crippen LogP contribution < -0.4 is 9.80 Å². The highest BCUT2D eigenvalue weighted by molar-refractivity contribution is 7.91. The van der Waals surface area contributed by atoms with Crippen LogP contribution in [0.2, 0.25) is 0 Å². The van der Waals surface area contributed by atoms with Gasteiger partial charge in [-0.1, -0.05) is 0 Å². The Hall–Kier alpha value is -1.44. The third kappa shape index (κ3) is 3.17. The summed E-state index contributed by atoms with van der Waals surface area (Å²) in [5, 5.41) is 8.01. The second kappa shape index (κ2) is 5.90. The van der Waals surface area contributed by atoms with Crippen molar-refractivity contribution in [1.82, 2.24) is 15.2 Å². The molecular weight excluding hydrogens is 278 g/mol. The van der Waals surface area contributed by atoms with Crippen LogP contribution >= 0.6 is 0 Å². The molecule has 1 aromatic rings. The summed E-state index contributed by atoms with van der Waals surface area (Å²) in [4.78, 5) is 8.40. The fraction of sp³-hybridized carbons (Fsp3) is 0.750. The van der Waals surface area contributed by atoms with Crippen molar-refractivity contribution in [3.63, 3.8) is 0 Å². The monoisotopic (exact) mass is 299 g/mol. The van der Waals surface area contributed by atoms with E-state index >= 15 is 0 Å². The molecular formula is C12H21N5O2S. The van der Waals surface area contributed by atoms with Gasteiger partial charge in [-0.15, -0.1) is 5.10 Å². The number of anilines is 2. The lowest BCUT2D eigenvalue weighted by Gasteiger charge is -2.25. The van der Waals surface area contributed by atoms with Crippen molar-refractivity contribution in [2.75, 3.05) is 41.4 Å². The highest BCUT2D eigenvalue weighted by atomic mass is 32.2. The largest absolute Gasteiger partial charge is 0.356 e. The molecule has 0 N–H and O–H groups in total. The van der Waals surface area contributed by atoms with Crippen LogP contribution in [0.15, 0.2) is 6.20 Å². The molecule has 0 aromatic carbocycles. The molecule has 2 heterocycles. The molecule has 0 spiro atoms. The molecule has 0 aliphatic carbocycles. The minimum absolute atomic E-state index is 0.0613. The third-order valence-electron chi connectivity index (χ3n) is 3.69. The fourth-order valence-electron chi connectivity index (χ4n) is 2.38. The standard InChI is InChI=1S/C12H21N5O2S/c1-4-17(5-2)11-8-13-15-12(14-11)16(3)10-6-7-20(18,19)9-10/h8,10H,4-7,9H2,1-3H3. The molecule has 1 unspecified atom stereocenters. The normalized spacial score (nSPS) is 20.9. The van der Waals surface area contributed by atoms with Crippen molar-refractivity contribution in [2.24, 2.45) is 0 Å². The average Bonchev–Trinajstić information content (AvgIpc) is 2.80. The number of sulfone groups is 1. The topological polar surface area (TPSA) is 79.3 Å². The molecule has 1 fully saturated rings. The molecule has 0 amide bonds. The summed E-state index contributed by atoms with van der Waals surface area (Å²) in [6.07, 6.45) is 2.26. The van der Waals surface area contributed by atoms with Crippen LogP contribution in [0, 0.1) is 0 Å². The summed E-state index contributed by atoms with van der Waals surface area (Å²) in [6.45, 7) is 5.80. The highest BCUT2D eigenvalue weighted by Crippen LogP contribution is 2.21. The van der Waals surface area contributed by atoms with Gasteiger partial charge in [0.1, 0.15) is 0 Å². The zero-order chi connectivity index (χ0) is 14.8. The van der Waals surface area contributed by atoms with E-state index in [0.29, 0.717) is 12.4 Å². The van der Waals surface area contributed by atoms with Gasteiger partial charge >= 0.3 is 0 Å². The third-order valence-corrected chi connectivity index (χ3v) is 5.44. The second-order valence-corrected chi connectivity index (χ2v) is 7.18. The average molecular weight is 299 g/mol. The van der Waals surface area contributed by atoms with E-state index in [1.54, 1.807) is 6.20 Å². The van der Waals surface area contributed by atoms with Crippen molar-refractivity contribution < 1.29 is 8.42 Å². The quantitative estimate of drug-likeness (QED) is 0.775. The van der Waals surface area contributed by atoms with Gasteiger partial charge in [0.05, 0.1) is 17.7 Å². The van der Waals surface area contributed by atoms with Crippen LogP contribution in [0.5, 0.6) is 0 Å². The number of nitrogens with zero attached hydrogens (tertiary/aromatic N) is 5. The minimum Gasteiger partial charge on any atom is -0.356 e. The Morgan fingerprint density at radius 1 is 1.35 bits per heavy atom. The van der Waals surface area contributed by atoms with Gasteiger partial charge in [0.2, 0.25) is 5.95 Å². The van der Waals surface area contributed by atoms with Gasteiger partial charge in [-0.05, 0) is 20.3 Å². The summed E-state index contributed by atoms with van der Waals surface area (Å²) < 4.78 is 23.1. The molecule has 20 heavy (non-hydrogen) atoms. The summed E-state index contributed by atoms with van der Waals surface area (Å²) in [6, 6.07) is -0.0613. The van der Waals surface area contributed by atoms with Gasteiger partial charge in [0.15, 0.2) is 15.7 Å². The van der Waals surface area contributed by atoms with E-state index in [1.807, 2.05) is 11.9 Å². The molecule has 1 aromatic heterocycles. The molecule has 112 valence electrons. The van der Waals surface area contributed by atoms with Crippen LogP contribution in [-0.2, 0) is 9.84 Å². The molecule has 1 atom stereocenters. The Labute approximate surface area is 119 Å². The first-order chi connectivity index (χ1) is 9.46. The molecule has 1 saturated heterocycles. The Morgan fingerprint density at radius 3 is 2.60 bits per heavy atom. The van der Waals surface area contributed by atoms with Gasteiger partial charge in [0.25, 0.3) is 0 Å². The van der Waals surface area contributed by atoms with Gasteiger partial charge in [0, 0.05) is 26.2 Å². The van der Waals surface area contributed by atoms with E-state index in [4.69, 9.17) is 0 Å². The van der Waals surface area contributed by atoms with Crippen molar-refractivity contribution in [3.05, 3.63) is 6.20 Å². The predicted octanol–water partition coefficient (Wildman–Crippen LogP) is 0.341. The van der Waals surface area contributed by atoms with Crippen LogP contribution in [-0.4, -0.2) is 61.3 Å². The number of rotatable bonds is 5. The number of aromatic nitrogens is 3. The second-order valence-electron chi connectivity index (χ2n) is 4.95. The molecule has 0 bridgehead atoms.